The molecule has 1 unspecified atom stereocenters. The first-order valence-corrected chi connectivity index (χ1v) is 10.6. The van der Waals surface area contributed by atoms with Gasteiger partial charge in [-0.15, -0.1) is 0 Å². The fourth-order valence-corrected chi connectivity index (χ4v) is 3.95. The molecule has 0 bridgehead atoms. The van der Waals surface area contributed by atoms with Crippen molar-refractivity contribution < 1.29 is 14.0 Å². The highest BCUT2D eigenvalue weighted by Gasteiger charge is 2.30. The molecule has 0 N–H and O–H groups in total. The van der Waals surface area contributed by atoms with Crippen LogP contribution in [-0.2, 0) is 11.3 Å². The Hall–Kier alpha value is -2.89. The molecule has 30 heavy (non-hydrogen) atoms. The molecule has 0 saturated carbocycles. The molecular weight excluding hydrogens is 380 g/mol. The Morgan fingerprint density at radius 1 is 1.17 bits per heavy atom. The molecule has 0 radical (unpaired) electrons. The smallest absolute Gasteiger partial charge is 0.349 e. The fourth-order valence-electron chi connectivity index (χ4n) is 3.95. The van der Waals surface area contributed by atoms with Gasteiger partial charge in [0, 0.05) is 25.6 Å². The molecule has 160 valence electrons. The average molecular weight is 411 g/mol. The predicted octanol–water partition coefficient (Wildman–Crippen LogP) is 3.64. The number of rotatable bonds is 6. The molecule has 1 fully saturated rings. The van der Waals surface area contributed by atoms with Crippen LogP contribution in [0.2, 0.25) is 0 Å². The van der Waals surface area contributed by atoms with Crippen LogP contribution in [-0.4, -0.2) is 41.2 Å². The first-order valence-electron chi connectivity index (χ1n) is 10.6. The predicted molar refractivity (Wildman–Crippen MR) is 116 cm³/mol. The summed E-state index contributed by atoms with van der Waals surface area (Å²) in [4.78, 5) is 41.4. The molecule has 2 aromatic rings. The van der Waals surface area contributed by atoms with Crippen molar-refractivity contribution in [2.75, 3.05) is 19.6 Å². The molecule has 6 heteroatoms. The van der Waals surface area contributed by atoms with E-state index in [0.29, 0.717) is 31.0 Å². The molecule has 1 atom stereocenters. The molecule has 1 saturated heterocycles. The lowest BCUT2D eigenvalue weighted by atomic mass is 10.00. The molecule has 2 amide bonds. The Labute approximate surface area is 177 Å². The minimum atomic E-state index is -0.618. The van der Waals surface area contributed by atoms with Crippen molar-refractivity contribution in [2.45, 2.75) is 53.0 Å². The van der Waals surface area contributed by atoms with E-state index in [-0.39, 0.29) is 23.9 Å². The van der Waals surface area contributed by atoms with E-state index in [1.54, 1.807) is 17.9 Å². The first-order chi connectivity index (χ1) is 14.3. The summed E-state index contributed by atoms with van der Waals surface area (Å²) in [5, 5.41) is 0. The Morgan fingerprint density at radius 3 is 2.57 bits per heavy atom. The van der Waals surface area contributed by atoms with E-state index in [2.05, 4.69) is 13.0 Å². The number of benzene rings is 1. The van der Waals surface area contributed by atoms with Crippen molar-refractivity contribution in [2.24, 2.45) is 0 Å². The van der Waals surface area contributed by atoms with Crippen molar-refractivity contribution in [1.29, 1.82) is 0 Å². The van der Waals surface area contributed by atoms with Gasteiger partial charge in [0.05, 0.1) is 0 Å². The SMILES string of the molecule is CCCC(C)c1cc(C)c(C(=O)N2CCN(Cc3cccc(C)c3)C(=O)C2)c(=O)o1. The molecular formula is C24H30N2O4. The monoisotopic (exact) mass is 410 g/mol. The summed E-state index contributed by atoms with van der Waals surface area (Å²) in [6.45, 7) is 9.18. The van der Waals surface area contributed by atoms with Crippen LogP contribution in [0.3, 0.4) is 0 Å². The van der Waals surface area contributed by atoms with E-state index in [1.807, 2.05) is 32.0 Å². The minimum absolute atomic E-state index is 0.0300. The maximum absolute atomic E-state index is 13.0. The standard InChI is InChI=1S/C24H30N2O4/c1-5-7-17(3)20-13-18(4)22(24(29)30-20)23(28)26-11-10-25(21(27)15-26)14-19-9-6-8-16(2)12-19/h6,8-9,12-13,17H,5,7,10-11,14-15H2,1-4H3. The maximum Gasteiger partial charge on any atom is 0.349 e. The number of carbonyl (C=O) groups excluding carboxylic acids is 2. The molecule has 1 aromatic carbocycles. The zero-order valence-corrected chi connectivity index (χ0v) is 18.2. The van der Waals surface area contributed by atoms with Gasteiger partial charge in [-0.25, -0.2) is 4.79 Å². The van der Waals surface area contributed by atoms with Gasteiger partial charge in [-0.2, -0.15) is 0 Å². The fraction of sp³-hybridized carbons (Fsp3) is 0.458. The number of amides is 2. The van der Waals surface area contributed by atoms with E-state index < -0.39 is 11.5 Å². The van der Waals surface area contributed by atoms with E-state index in [4.69, 9.17) is 4.42 Å². The number of hydrogen-bond acceptors (Lipinski definition) is 4. The highest BCUT2D eigenvalue weighted by atomic mass is 16.4. The lowest BCUT2D eigenvalue weighted by Gasteiger charge is -2.34. The van der Waals surface area contributed by atoms with E-state index in [9.17, 15) is 14.4 Å². The molecule has 1 aromatic heterocycles. The Kier molecular flexibility index (Phi) is 6.75. The second-order valence-electron chi connectivity index (χ2n) is 8.22. The maximum atomic E-state index is 13.0. The van der Waals surface area contributed by atoms with Crippen molar-refractivity contribution in [3.05, 3.63) is 68.8 Å². The molecule has 1 aliphatic rings. The lowest BCUT2D eigenvalue weighted by molar-refractivity contribution is -0.135. The first kappa shape index (κ1) is 21.8. The quantitative estimate of drug-likeness (QED) is 0.729. The summed E-state index contributed by atoms with van der Waals surface area (Å²) in [6.07, 6.45) is 1.90. The topological polar surface area (TPSA) is 70.8 Å². The van der Waals surface area contributed by atoms with Gasteiger partial charge in [0.2, 0.25) is 5.91 Å². The molecule has 0 aliphatic carbocycles. The number of hydrogen-bond donors (Lipinski definition) is 0. The molecule has 0 spiro atoms. The number of aryl methyl sites for hydroxylation is 2. The molecule has 2 heterocycles. The van der Waals surface area contributed by atoms with Gasteiger partial charge in [0.1, 0.15) is 17.9 Å². The van der Waals surface area contributed by atoms with Crippen LogP contribution >= 0.6 is 0 Å². The van der Waals surface area contributed by atoms with Gasteiger partial charge in [-0.05, 0) is 37.5 Å². The third-order valence-electron chi connectivity index (χ3n) is 5.65. The van der Waals surface area contributed by atoms with Crippen LogP contribution in [0.4, 0.5) is 0 Å². The summed E-state index contributed by atoms with van der Waals surface area (Å²) in [5.74, 6) is 0.179. The van der Waals surface area contributed by atoms with Gasteiger partial charge < -0.3 is 14.2 Å². The summed E-state index contributed by atoms with van der Waals surface area (Å²) in [5.41, 5.74) is 2.22. The van der Waals surface area contributed by atoms with Gasteiger partial charge in [0.15, 0.2) is 0 Å². The number of carbonyl (C=O) groups is 2. The highest BCUT2D eigenvalue weighted by molar-refractivity contribution is 5.97. The molecule has 3 rings (SSSR count). The summed E-state index contributed by atoms with van der Waals surface area (Å²) < 4.78 is 5.46. The van der Waals surface area contributed by atoms with Crippen molar-refractivity contribution in [3.63, 3.8) is 0 Å². The van der Waals surface area contributed by atoms with Crippen LogP contribution in [0.25, 0.3) is 0 Å². The zero-order valence-electron chi connectivity index (χ0n) is 18.2. The number of nitrogens with zero attached hydrogens (tertiary/aromatic N) is 2. The third kappa shape index (κ3) is 4.81. The van der Waals surface area contributed by atoms with Gasteiger partial charge >= 0.3 is 5.63 Å². The van der Waals surface area contributed by atoms with Gasteiger partial charge in [-0.1, -0.05) is 50.1 Å². The summed E-state index contributed by atoms with van der Waals surface area (Å²) >= 11 is 0. The van der Waals surface area contributed by atoms with Gasteiger partial charge in [-0.3, -0.25) is 9.59 Å². The molecule has 1 aliphatic heterocycles. The zero-order chi connectivity index (χ0) is 21.8. The second kappa shape index (κ2) is 9.28. The van der Waals surface area contributed by atoms with Crippen molar-refractivity contribution in [3.8, 4) is 0 Å². The van der Waals surface area contributed by atoms with E-state index in [0.717, 1.165) is 24.0 Å². The van der Waals surface area contributed by atoms with Crippen molar-refractivity contribution >= 4 is 11.8 Å². The summed E-state index contributed by atoms with van der Waals surface area (Å²) in [6, 6.07) is 9.82. The van der Waals surface area contributed by atoms with Crippen LogP contribution in [0, 0.1) is 13.8 Å². The third-order valence-corrected chi connectivity index (χ3v) is 5.65. The van der Waals surface area contributed by atoms with Crippen LogP contribution < -0.4 is 5.63 Å². The Morgan fingerprint density at radius 2 is 1.93 bits per heavy atom. The highest BCUT2D eigenvalue weighted by Crippen LogP contribution is 2.22. The largest absolute Gasteiger partial charge is 0.427 e. The molecule has 6 nitrogen and oxygen atoms in total. The number of piperazine rings is 1. The van der Waals surface area contributed by atoms with Gasteiger partial charge in [0.25, 0.3) is 5.91 Å². The second-order valence-corrected chi connectivity index (χ2v) is 8.22. The average Bonchev–Trinajstić information content (AvgIpc) is 2.69. The Bertz CT molecular complexity index is 995. The van der Waals surface area contributed by atoms with E-state index in [1.165, 1.54) is 4.90 Å². The van der Waals surface area contributed by atoms with E-state index >= 15 is 0 Å². The van der Waals surface area contributed by atoms with Crippen LogP contribution in [0.5, 0.6) is 0 Å². The van der Waals surface area contributed by atoms with Crippen LogP contribution in [0.15, 0.2) is 39.5 Å². The van der Waals surface area contributed by atoms with Crippen LogP contribution in [0.1, 0.15) is 65.4 Å². The summed E-state index contributed by atoms with van der Waals surface area (Å²) in [7, 11) is 0. The normalized spacial score (nSPS) is 15.4. The minimum Gasteiger partial charge on any atom is -0.427 e. The van der Waals surface area contributed by atoms with Crippen molar-refractivity contribution in [1.82, 2.24) is 9.80 Å². The Balaban J connectivity index is 1.71. The lowest BCUT2D eigenvalue weighted by Crippen LogP contribution is -2.52.